The number of urea groups is 1. The minimum atomic E-state index is -0.884. The van der Waals surface area contributed by atoms with E-state index in [-0.39, 0.29) is 12.6 Å². The Morgan fingerprint density at radius 2 is 2.19 bits per heavy atom. The predicted octanol–water partition coefficient (Wildman–Crippen LogP) is 2.14. The minimum absolute atomic E-state index is 0.192. The van der Waals surface area contributed by atoms with E-state index in [1.807, 2.05) is 30.0 Å². The average molecular weight is 306 g/mol. The van der Waals surface area contributed by atoms with Gasteiger partial charge in [0.2, 0.25) is 0 Å². The zero-order valence-electron chi connectivity index (χ0n) is 11.6. The molecule has 1 saturated heterocycles. The maximum absolute atomic E-state index is 12.3. The van der Waals surface area contributed by atoms with Crippen molar-refractivity contribution >= 4 is 29.4 Å². The third kappa shape index (κ3) is 2.85. The van der Waals surface area contributed by atoms with Gasteiger partial charge in [0.15, 0.2) is 0 Å². The highest BCUT2D eigenvalue weighted by molar-refractivity contribution is 7.99. The zero-order valence-corrected chi connectivity index (χ0v) is 12.4. The van der Waals surface area contributed by atoms with Crippen LogP contribution in [0.5, 0.6) is 0 Å². The number of carboxylic acid groups (broad SMARTS) is 1. The van der Waals surface area contributed by atoms with Crippen molar-refractivity contribution in [3.05, 3.63) is 29.8 Å². The summed E-state index contributed by atoms with van der Waals surface area (Å²) in [4.78, 5) is 25.2. The Bertz CT molecular complexity index is 558. The first-order valence-corrected chi connectivity index (χ1v) is 8.27. The van der Waals surface area contributed by atoms with Gasteiger partial charge in [-0.15, -0.1) is 0 Å². The Hall–Kier alpha value is -1.69. The monoisotopic (exact) mass is 306 g/mol. The molecule has 1 aromatic rings. The number of fused-ring (bicyclic) bond motifs is 1. The van der Waals surface area contributed by atoms with Crippen LogP contribution in [0.25, 0.3) is 0 Å². The van der Waals surface area contributed by atoms with Gasteiger partial charge in [-0.2, -0.15) is 11.8 Å². The van der Waals surface area contributed by atoms with Crippen molar-refractivity contribution in [1.82, 2.24) is 5.32 Å². The number of carbonyl (C=O) groups excluding carboxylic acids is 1. The van der Waals surface area contributed by atoms with Crippen molar-refractivity contribution < 1.29 is 14.7 Å². The fraction of sp³-hybridized carbons (Fsp3) is 0.467. The van der Waals surface area contributed by atoms with Crippen LogP contribution < -0.4 is 10.2 Å². The Labute approximate surface area is 127 Å². The number of nitrogens with zero attached hydrogens (tertiary/aromatic N) is 1. The molecule has 1 fully saturated rings. The molecule has 2 aliphatic heterocycles. The highest BCUT2D eigenvalue weighted by Gasteiger charge is 2.36. The molecule has 2 amide bonds. The number of para-hydroxylation sites is 1. The smallest absolute Gasteiger partial charge is 0.321 e. The molecule has 2 N–H and O–H groups in total. The lowest BCUT2D eigenvalue weighted by Gasteiger charge is -2.19. The number of rotatable bonds is 3. The molecule has 0 saturated carbocycles. The Kier molecular flexibility index (Phi) is 4.05. The van der Waals surface area contributed by atoms with Crippen molar-refractivity contribution in [2.45, 2.75) is 12.3 Å². The average Bonchev–Trinajstić information content (AvgIpc) is 3.12. The Balaban J connectivity index is 1.70. The highest BCUT2D eigenvalue weighted by atomic mass is 32.2. The molecule has 112 valence electrons. The zero-order chi connectivity index (χ0) is 14.8. The topological polar surface area (TPSA) is 69.6 Å². The normalized spacial score (nSPS) is 23.9. The lowest BCUT2D eigenvalue weighted by Crippen LogP contribution is -2.42. The van der Waals surface area contributed by atoms with Gasteiger partial charge in [0.1, 0.15) is 5.92 Å². The molecule has 5 nitrogen and oxygen atoms in total. The molecule has 0 aliphatic carbocycles. The van der Waals surface area contributed by atoms with Gasteiger partial charge in [-0.3, -0.25) is 9.69 Å². The Morgan fingerprint density at radius 3 is 2.90 bits per heavy atom. The number of nitrogens with one attached hydrogen (secondary N) is 1. The van der Waals surface area contributed by atoms with Crippen molar-refractivity contribution in [3.8, 4) is 0 Å². The second kappa shape index (κ2) is 5.97. The molecular formula is C15H18N2O3S. The summed E-state index contributed by atoms with van der Waals surface area (Å²) in [6, 6.07) is 7.05. The largest absolute Gasteiger partial charge is 0.481 e. The summed E-state index contributed by atoms with van der Waals surface area (Å²) in [5, 5.41) is 12.2. The third-order valence-corrected chi connectivity index (χ3v) is 5.31. The van der Waals surface area contributed by atoms with Gasteiger partial charge in [0.05, 0.1) is 0 Å². The van der Waals surface area contributed by atoms with Crippen molar-refractivity contribution in [2.75, 3.05) is 29.5 Å². The molecule has 1 aromatic carbocycles. The van der Waals surface area contributed by atoms with Crippen LogP contribution in [0.3, 0.4) is 0 Å². The van der Waals surface area contributed by atoms with E-state index in [1.165, 1.54) is 0 Å². The Morgan fingerprint density at radius 1 is 1.38 bits per heavy atom. The number of hydrogen-bond acceptors (Lipinski definition) is 3. The number of thioether (sulfide) groups is 1. The van der Waals surface area contributed by atoms with Crippen LogP contribution in [0.15, 0.2) is 24.3 Å². The highest BCUT2D eigenvalue weighted by Crippen LogP contribution is 2.36. The van der Waals surface area contributed by atoms with Gasteiger partial charge in [0.25, 0.3) is 0 Å². The van der Waals surface area contributed by atoms with E-state index in [9.17, 15) is 14.7 Å². The summed E-state index contributed by atoms with van der Waals surface area (Å²) in [5.74, 6) is 1.27. The molecule has 6 heteroatoms. The second-order valence-electron chi connectivity index (χ2n) is 5.48. The molecule has 0 spiro atoms. The molecule has 3 rings (SSSR count). The van der Waals surface area contributed by atoms with Gasteiger partial charge >= 0.3 is 12.0 Å². The van der Waals surface area contributed by atoms with E-state index < -0.39 is 11.9 Å². The fourth-order valence-corrected chi connectivity index (χ4v) is 4.17. The van der Waals surface area contributed by atoms with Crippen LogP contribution in [0.1, 0.15) is 17.9 Å². The first kappa shape index (κ1) is 14.3. The van der Waals surface area contributed by atoms with Gasteiger partial charge < -0.3 is 10.4 Å². The number of aliphatic carboxylic acids is 1. The van der Waals surface area contributed by atoms with Crippen LogP contribution >= 0.6 is 11.8 Å². The van der Waals surface area contributed by atoms with Crippen molar-refractivity contribution in [2.24, 2.45) is 5.92 Å². The molecule has 0 aromatic heterocycles. The number of hydrogen-bond donors (Lipinski definition) is 2. The summed E-state index contributed by atoms with van der Waals surface area (Å²) < 4.78 is 0. The molecular weight excluding hydrogens is 288 g/mol. The van der Waals surface area contributed by atoms with Crippen LogP contribution in [0.2, 0.25) is 0 Å². The first-order valence-electron chi connectivity index (χ1n) is 7.11. The molecule has 2 unspecified atom stereocenters. The van der Waals surface area contributed by atoms with Crippen LogP contribution in [0.4, 0.5) is 10.5 Å². The number of carboxylic acids is 1. The van der Waals surface area contributed by atoms with Crippen molar-refractivity contribution in [1.29, 1.82) is 0 Å². The van der Waals surface area contributed by atoms with E-state index in [0.717, 1.165) is 23.5 Å². The summed E-state index contributed by atoms with van der Waals surface area (Å²) in [5.41, 5.74) is 1.43. The lowest BCUT2D eigenvalue weighted by molar-refractivity contribution is -0.138. The van der Waals surface area contributed by atoms with E-state index in [0.29, 0.717) is 18.2 Å². The summed E-state index contributed by atoms with van der Waals surface area (Å²) in [6.45, 7) is 0.877. The van der Waals surface area contributed by atoms with Crippen LogP contribution in [-0.4, -0.2) is 41.7 Å². The van der Waals surface area contributed by atoms with Gasteiger partial charge in [-0.05, 0) is 35.5 Å². The second-order valence-corrected chi connectivity index (χ2v) is 6.63. The van der Waals surface area contributed by atoms with Crippen LogP contribution in [-0.2, 0) is 4.79 Å². The maximum atomic E-state index is 12.3. The number of amides is 2. The number of carbonyl (C=O) groups is 2. The number of benzene rings is 1. The van der Waals surface area contributed by atoms with E-state index in [2.05, 4.69) is 5.32 Å². The van der Waals surface area contributed by atoms with Crippen LogP contribution in [0, 0.1) is 5.92 Å². The first-order chi connectivity index (χ1) is 10.2. The van der Waals surface area contributed by atoms with E-state index in [1.54, 1.807) is 11.0 Å². The predicted molar refractivity (Wildman–Crippen MR) is 83.0 cm³/mol. The third-order valence-electron chi connectivity index (χ3n) is 4.08. The molecule has 2 aliphatic rings. The maximum Gasteiger partial charge on any atom is 0.321 e. The summed E-state index contributed by atoms with van der Waals surface area (Å²) in [7, 11) is 0. The lowest BCUT2D eigenvalue weighted by atomic mass is 10.0. The van der Waals surface area contributed by atoms with Gasteiger partial charge in [-0.1, -0.05) is 18.2 Å². The molecule has 0 radical (unpaired) electrons. The van der Waals surface area contributed by atoms with Gasteiger partial charge in [-0.25, -0.2) is 4.79 Å². The fourth-order valence-electron chi connectivity index (χ4n) is 2.88. The molecule has 2 atom stereocenters. The van der Waals surface area contributed by atoms with E-state index in [4.69, 9.17) is 0 Å². The molecule has 2 heterocycles. The van der Waals surface area contributed by atoms with E-state index >= 15 is 0 Å². The number of anilines is 1. The molecule has 21 heavy (non-hydrogen) atoms. The molecule has 0 bridgehead atoms. The SMILES string of the molecule is O=C(O)C1CN(C(=O)NCC2CCSC2)c2ccccc21. The summed E-state index contributed by atoms with van der Waals surface area (Å²) in [6.07, 6.45) is 1.14. The standard InChI is InChI=1S/C15H18N2O3S/c18-14(19)12-8-17(13-4-2-1-3-11(12)13)15(20)16-7-10-5-6-21-9-10/h1-4,10,12H,5-9H2,(H,16,20)(H,18,19). The van der Waals surface area contributed by atoms with Gasteiger partial charge in [0, 0.05) is 18.8 Å². The summed E-state index contributed by atoms with van der Waals surface area (Å²) >= 11 is 1.92. The quantitative estimate of drug-likeness (QED) is 0.897. The minimum Gasteiger partial charge on any atom is -0.481 e. The van der Waals surface area contributed by atoms with Crippen molar-refractivity contribution in [3.63, 3.8) is 0 Å².